The van der Waals surface area contributed by atoms with E-state index in [2.05, 4.69) is 29.2 Å². The first-order chi connectivity index (χ1) is 9.74. The Morgan fingerprint density at radius 1 is 1.30 bits per heavy atom. The number of ether oxygens (including phenoxy) is 1. The summed E-state index contributed by atoms with van der Waals surface area (Å²) >= 11 is 0. The van der Waals surface area contributed by atoms with Crippen LogP contribution >= 0.6 is 0 Å². The smallest absolute Gasteiger partial charge is 0.228 e. The highest BCUT2D eigenvalue weighted by molar-refractivity contribution is 5.79. The van der Waals surface area contributed by atoms with Crippen molar-refractivity contribution < 1.29 is 9.53 Å². The van der Waals surface area contributed by atoms with Gasteiger partial charge >= 0.3 is 0 Å². The molecule has 3 nitrogen and oxygen atoms in total. The van der Waals surface area contributed by atoms with Crippen LogP contribution in [0, 0.1) is 5.92 Å². The Morgan fingerprint density at radius 3 is 2.75 bits per heavy atom. The Hall–Kier alpha value is -1.35. The molecule has 0 aromatic heterocycles. The molecule has 0 saturated carbocycles. The van der Waals surface area contributed by atoms with Gasteiger partial charge in [-0.25, -0.2) is 0 Å². The van der Waals surface area contributed by atoms with E-state index in [1.165, 1.54) is 18.4 Å². The summed E-state index contributed by atoms with van der Waals surface area (Å²) in [5, 5.41) is 0. The second-order valence-electron chi connectivity index (χ2n) is 5.66. The van der Waals surface area contributed by atoms with E-state index in [4.69, 9.17) is 4.74 Å². The molecule has 2 atom stereocenters. The number of carbonyl (C=O) groups is 1. The predicted molar refractivity (Wildman–Crippen MR) is 80.4 cm³/mol. The van der Waals surface area contributed by atoms with Gasteiger partial charge in [0.05, 0.1) is 18.6 Å². The molecule has 1 aromatic rings. The molecule has 3 heteroatoms. The van der Waals surface area contributed by atoms with Crippen LogP contribution in [0.5, 0.6) is 0 Å². The first-order valence-electron chi connectivity index (χ1n) is 7.58. The molecule has 1 saturated heterocycles. The molecule has 20 heavy (non-hydrogen) atoms. The van der Waals surface area contributed by atoms with Crippen molar-refractivity contribution in [2.45, 2.75) is 38.6 Å². The number of hydrogen-bond donors (Lipinski definition) is 0. The Morgan fingerprint density at radius 2 is 2.05 bits per heavy atom. The van der Waals surface area contributed by atoms with E-state index in [1.807, 2.05) is 13.0 Å². The van der Waals surface area contributed by atoms with E-state index in [0.29, 0.717) is 6.61 Å². The van der Waals surface area contributed by atoms with Crippen LogP contribution in [0.25, 0.3) is 0 Å². The van der Waals surface area contributed by atoms with Crippen molar-refractivity contribution in [3.8, 4) is 0 Å². The molecular formula is C17H25NO2. The van der Waals surface area contributed by atoms with Crippen LogP contribution in [0.3, 0.4) is 0 Å². The minimum atomic E-state index is -0.0655. The highest BCUT2D eigenvalue weighted by Crippen LogP contribution is 2.31. The predicted octanol–water partition coefficient (Wildman–Crippen LogP) is 3.41. The van der Waals surface area contributed by atoms with Crippen LogP contribution in [-0.4, -0.2) is 31.1 Å². The largest absolute Gasteiger partial charge is 0.384 e. The number of benzene rings is 1. The monoisotopic (exact) mass is 275 g/mol. The number of methoxy groups -OCH3 is 1. The van der Waals surface area contributed by atoms with Crippen molar-refractivity contribution in [1.29, 1.82) is 0 Å². The molecule has 1 heterocycles. The van der Waals surface area contributed by atoms with E-state index in [0.717, 1.165) is 19.4 Å². The molecule has 0 spiro atoms. The Kier molecular flexibility index (Phi) is 5.60. The van der Waals surface area contributed by atoms with Crippen LogP contribution in [0.4, 0.5) is 0 Å². The van der Waals surface area contributed by atoms with E-state index in [9.17, 15) is 4.79 Å². The minimum absolute atomic E-state index is 0.0655. The molecule has 1 aliphatic heterocycles. The highest BCUT2D eigenvalue weighted by atomic mass is 16.5. The SMILES string of the molecule is COCC(C)C(=O)N1CCCCCC1c1ccccc1. The Bertz CT molecular complexity index is 418. The van der Waals surface area contributed by atoms with E-state index in [1.54, 1.807) is 7.11 Å². The lowest BCUT2D eigenvalue weighted by Crippen LogP contribution is -2.39. The Balaban J connectivity index is 2.19. The van der Waals surface area contributed by atoms with Crippen molar-refractivity contribution in [2.75, 3.05) is 20.3 Å². The lowest BCUT2D eigenvalue weighted by atomic mass is 9.99. The number of carbonyl (C=O) groups excluding carboxylic acids is 1. The molecule has 1 amide bonds. The summed E-state index contributed by atoms with van der Waals surface area (Å²) in [6.07, 6.45) is 4.58. The fraction of sp³-hybridized carbons (Fsp3) is 0.588. The Labute approximate surface area is 121 Å². The van der Waals surface area contributed by atoms with Crippen molar-refractivity contribution in [3.05, 3.63) is 35.9 Å². The van der Waals surface area contributed by atoms with Gasteiger partial charge in [-0.3, -0.25) is 4.79 Å². The van der Waals surface area contributed by atoms with Crippen LogP contribution < -0.4 is 0 Å². The van der Waals surface area contributed by atoms with Crippen LogP contribution in [0.2, 0.25) is 0 Å². The zero-order valence-electron chi connectivity index (χ0n) is 12.5. The molecule has 110 valence electrons. The summed E-state index contributed by atoms with van der Waals surface area (Å²) in [5.74, 6) is 0.159. The van der Waals surface area contributed by atoms with E-state index < -0.39 is 0 Å². The van der Waals surface area contributed by atoms with Crippen molar-refractivity contribution in [3.63, 3.8) is 0 Å². The van der Waals surface area contributed by atoms with Gasteiger partial charge in [-0.1, -0.05) is 50.1 Å². The summed E-state index contributed by atoms with van der Waals surface area (Å²) in [6.45, 7) is 3.32. The van der Waals surface area contributed by atoms with Gasteiger partial charge in [-0.2, -0.15) is 0 Å². The topological polar surface area (TPSA) is 29.5 Å². The van der Waals surface area contributed by atoms with Gasteiger partial charge in [0.25, 0.3) is 0 Å². The maximum absolute atomic E-state index is 12.7. The summed E-state index contributed by atoms with van der Waals surface area (Å²) in [4.78, 5) is 14.7. The standard InChI is InChI=1S/C17H25NO2/c1-14(13-20-2)17(19)18-12-8-4-7-11-16(18)15-9-5-3-6-10-15/h3,5-6,9-10,14,16H,4,7-8,11-13H2,1-2H3. The van der Waals surface area contributed by atoms with Gasteiger partial charge in [0.2, 0.25) is 5.91 Å². The zero-order valence-corrected chi connectivity index (χ0v) is 12.5. The molecule has 1 aliphatic rings. The van der Waals surface area contributed by atoms with Gasteiger partial charge in [0, 0.05) is 13.7 Å². The average molecular weight is 275 g/mol. The van der Waals surface area contributed by atoms with Gasteiger partial charge in [-0.05, 0) is 18.4 Å². The van der Waals surface area contributed by atoms with E-state index >= 15 is 0 Å². The second-order valence-corrected chi connectivity index (χ2v) is 5.66. The first-order valence-corrected chi connectivity index (χ1v) is 7.58. The third-order valence-corrected chi connectivity index (χ3v) is 4.06. The molecule has 0 aliphatic carbocycles. The van der Waals surface area contributed by atoms with E-state index in [-0.39, 0.29) is 17.9 Å². The fourth-order valence-corrected chi connectivity index (χ4v) is 3.00. The number of nitrogens with zero attached hydrogens (tertiary/aromatic N) is 1. The van der Waals surface area contributed by atoms with Gasteiger partial charge in [-0.15, -0.1) is 0 Å². The number of amides is 1. The number of rotatable bonds is 4. The highest BCUT2D eigenvalue weighted by Gasteiger charge is 2.29. The molecule has 2 unspecified atom stereocenters. The van der Waals surface area contributed by atoms with Crippen LogP contribution in [0.15, 0.2) is 30.3 Å². The summed E-state index contributed by atoms with van der Waals surface area (Å²) in [6, 6.07) is 10.6. The third-order valence-electron chi connectivity index (χ3n) is 4.06. The minimum Gasteiger partial charge on any atom is -0.384 e. The van der Waals surface area contributed by atoms with Crippen molar-refractivity contribution >= 4 is 5.91 Å². The number of likely N-dealkylation sites (tertiary alicyclic amines) is 1. The molecule has 1 aromatic carbocycles. The maximum atomic E-state index is 12.7. The van der Waals surface area contributed by atoms with Gasteiger partial charge < -0.3 is 9.64 Å². The first kappa shape index (κ1) is 15.0. The zero-order chi connectivity index (χ0) is 14.4. The van der Waals surface area contributed by atoms with Crippen LogP contribution in [-0.2, 0) is 9.53 Å². The second kappa shape index (κ2) is 7.44. The normalized spacial score (nSPS) is 21.3. The molecule has 2 rings (SSSR count). The molecule has 0 N–H and O–H groups in total. The third kappa shape index (κ3) is 3.60. The summed E-state index contributed by atoms with van der Waals surface area (Å²) < 4.78 is 5.14. The van der Waals surface area contributed by atoms with Crippen molar-refractivity contribution in [1.82, 2.24) is 4.90 Å². The molecule has 0 radical (unpaired) electrons. The van der Waals surface area contributed by atoms with Crippen molar-refractivity contribution in [2.24, 2.45) is 5.92 Å². The van der Waals surface area contributed by atoms with Gasteiger partial charge in [0.1, 0.15) is 0 Å². The molecular weight excluding hydrogens is 250 g/mol. The summed E-state index contributed by atoms with van der Waals surface area (Å²) in [5.41, 5.74) is 1.26. The molecule has 0 bridgehead atoms. The van der Waals surface area contributed by atoms with Gasteiger partial charge in [0.15, 0.2) is 0 Å². The quantitative estimate of drug-likeness (QED) is 0.842. The lowest BCUT2D eigenvalue weighted by Gasteiger charge is -2.32. The summed E-state index contributed by atoms with van der Waals surface area (Å²) in [7, 11) is 1.65. The lowest BCUT2D eigenvalue weighted by molar-refractivity contribution is -0.139. The molecule has 1 fully saturated rings. The average Bonchev–Trinajstić information content (AvgIpc) is 2.73. The fourth-order valence-electron chi connectivity index (χ4n) is 3.00. The number of hydrogen-bond acceptors (Lipinski definition) is 2. The van der Waals surface area contributed by atoms with Crippen LogP contribution in [0.1, 0.15) is 44.2 Å². The maximum Gasteiger partial charge on any atom is 0.228 e.